The number of aromatic amines is 1. The fourth-order valence-electron chi connectivity index (χ4n) is 3.92. The quantitative estimate of drug-likeness (QED) is 0.536. The van der Waals surface area contributed by atoms with Gasteiger partial charge in [0.25, 0.3) is 5.56 Å². The highest BCUT2D eigenvalue weighted by Gasteiger charge is 2.19. The molecule has 0 aliphatic carbocycles. The molecule has 0 radical (unpaired) electrons. The van der Waals surface area contributed by atoms with Gasteiger partial charge in [-0.1, -0.05) is 37.6 Å². The van der Waals surface area contributed by atoms with E-state index < -0.39 is 0 Å². The zero-order valence-corrected chi connectivity index (χ0v) is 16.9. The van der Waals surface area contributed by atoms with E-state index in [9.17, 15) is 10.1 Å². The molecule has 0 saturated heterocycles. The highest BCUT2D eigenvalue weighted by atomic mass is 16.1. The van der Waals surface area contributed by atoms with Crippen LogP contribution in [0.4, 0.5) is 0 Å². The molecule has 0 aliphatic heterocycles. The van der Waals surface area contributed by atoms with Gasteiger partial charge in [-0.3, -0.25) is 9.48 Å². The highest BCUT2D eigenvalue weighted by Crippen LogP contribution is 2.36. The maximum absolute atomic E-state index is 12.2. The van der Waals surface area contributed by atoms with Crippen LogP contribution in [0.2, 0.25) is 0 Å². The molecule has 0 spiro atoms. The van der Waals surface area contributed by atoms with Gasteiger partial charge in [-0.05, 0) is 29.7 Å². The predicted octanol–water partition coefficient (Wildman–Crippen LogP) is 3.27. The zero-order chi connectivity index (χ0) is 21.3. The van der Waals surface area contributed by atoms with Crippen LogP contribution in [-0.4, -0.2) is 20.0 Å². The molecule has 0 saturated carbocycles. The smallest absolute Gasteiger partial charge is 0.272 e. The molecular formula is C23H22N6O. The maximum Gasteiger partial charge on any atom is 0.272 e. The third-order valence-electron chi connectivity index (χ3n) is 5.35. The highest BCUT2D eigenvalue weighted by molar-refractivity contribution is 5.91. The number of rotatable bonds is 5. The Balaban J connectivity index is 1.96. The van der Waals surface area contributed by atoms with Gasteiger partial charge in [0, 0.05) is 30.1 Å². The van der Waals surface area contributed by atoms with E-state index in [0.29, 0.717) is 22.0 Å². The summed E-state index contributed by atoms with van der Waals surface area (Å²) in [5.41, 5.74) is 11.4. The van der Waals surface area contributed by atoms with Crippen LogP contribution < -0.4 is 11.3 Å². The van der Waals surface area contributed by atoms with Crippen LogP contribution >= 0.6 is 0 Å². The molecule has 2 aromatic carbocycles. The number of nitrogens with zero attached hydrogens (tertiary/aromatic N) is 4. The van der Waals surface area contributed by atoms with Crippen LogP contribution in [0.5, 0.6) is 0 Å². The van der Waals surface area contributed by atoms with Crippen molar-refractivity contribution in [2.75, 3.05) is 0 Å². The maximum atomic E-state index is 12.2. The summed E-state index contributed by atoms with van der Waals surface area (Å²) in [6.07, 6.45) is 3.59. The van der Waals surface area contributed by atoms with E-state index >= 15 is 0 Å². The Labute approximate surface area is 173 Å². The first kappa shape index (κ1) is 19.6. The van der Waals surface area contributed by atoms with Crippen molar-refractivity contribution in [2.45, 2.75) is 26.3 Å². The second kappa shape index (κ2) is 7.93. The zero-order valence-electron chi connectivity index (χ0n) is 16.9. The first-order chi connectivity index (χ1) is 14.6. The van der Waals surface area contributed by atoms with Gasteiger partial charge in [0.1, 0.15) is 6.07 Å². The second-order valence-electron chi connectivity index (χ2n) is 7.20. The van der Waals surface area contributed by atoms with Gasteiger partial charge in [0.15, 0.2) is 0 Å². The van der Waals surface area contributed by atoms with Crippen LogP contribution in [0.25, 0.3) is 33.2 Å². The first-order valence-corrected chi connectivity index (χ1v) is 9.85. The Hall–Kier alpha value is -3.76. The minimum absolute atomic E-state index is 0.217. The third kappa shape index (κ3) is 3.17. The summed E-state index contributed by atoms with van der Waals surface area (Å²) >= 11 is 0. The van der Waals surface area contributed by atoms with Crippen LogP contribution in [0.1, 0.15) is 30.2 Å². The Bertz CT molecular complexity index is 1340. The van der Waals surface area contributed by atoms with Crippen LogP contribution in [0, 0.1) is 11.3 Å². The molecule has 30 heavy (non-hydrogen) atoms. The van der Waals surface area contributed by atoms with E-state index in [1.54, 1.807) is 16.9 Å². The van der Waals surface area contributed by atoms with E-state index in [4.69, 9.17) is 5.73 Å². The van der Waals surface area contributed by atoms with Crippen molar-refractivity contribution >= 4 is 10.8 Å². The molecule has 0 atom stereocenters. The van der Waals surface area contributed by atoms with Crippen molar-refractivity contribution in [3.8, 4) is 28.5 Å². The number of H-pyrrole nitrogens is 1. The van der Waals surface area contributed by atoms with Gasteiger partial charge in [-0.15, -0.1) is 0 Å². The lowest BCUT2D eigenvalue weighted by molar-refractivity contribution is 0.775. The van der Waals surface area contributed by atoms with Gasteiger partial charge in [0.2, 0.25) is 0 Å². The summed E-state index contributed by atoms with van der Waals surface area (Å²) in [6, 6.07) is 13.9. The van der Waals surface area contributed by atoms with Crippen molar-refractivity contribution in [3.05, 3.63) is 69.8 Å². The van der Waals surface area contributed by atoms with Crippen molar-refractivity contribution in [3.63, 3.8) is 0 Å². The molecule has 2 aromatic heterocycles. The first-order valence-electron chi connectivity index (χ1n) is 9.85. The SMILES string of the molecule is CCCc1cccc(-c2c(-c3ccc4c(=O)[nH]nc(CN)c4c3)cnn2C)c1C#N. The summed E-state index contributed by atoms with van der Waals surface area (Å²) in [4.78, 5) is 12.2. The van der Waals surface area contributed by atoms with E-state index in [1.165, 1.54) is 0 Å². The third-order valence-corrected chi connectivity index (χ3v) is 5.35. The lowest BCUT2D eigenvalue weighted by Gasteiger charge is -2.12. The summed E-state index contributed by atoms with van der Waals surface area (Å²) in [7, 11) is 1.87. The van der Waals surface area contributed by atoms with Gasteiger partial charge < -0.3 is 5.73 Å². The van der Waals surface area contributed by atoms with Crippen molar-refractivity contribution in [1.82, 2.24) is 20.0 Å². The molecule has 2 heterocycles. The predicted molar refractivity (Wildman–Crippen MR) is 117 cm³/mol. The standard InChI is InChI=1S/C23H22N6O/c1-3-5-14-6-4-7-16(19(14)11-24)22-20(13-26-29(22)2)15-8-9-17-18(10-15)21(12-25)27-28-23(17)30/h4,6-10,13H,3,5,12,25H2,1-2H3,(H,28,30). The van der Waals surface area contributed by atoms with E-state index in [-0.39, 0.29) is 12.1 Å². The fourth-order valence-corrected chi connectivity index (χ4v) is 3.92. The number of nitriles is 1. The van der Waals surface area contributed by atoms with Gasteiger partial charge in [-0.25, -0.2) is 5.10 Å². The molecule has 7 heteroatoms. The Morgan fingerprint density at radius 3 is 2.77 bits per heavy atom. The van der Waals surface area contributed by atoms with E-state index in [1.807, 2.05) is 37.4 Å². The molecular weight excluding hydrogens is 376 g/mol. The fraction of sp³-hybridized carbons (Fsp3) is 0.217. The minimum atomic E-state index is -0.251. The topological polar surface area (TPSA) is 113 Å². The largest absolute Gasteiger partial charge is 0.325 e. The Kier molecular flexibility index (Phi) is 5.17. The van der Waals surface area contributed by atoms with E-state index in [0.717, 1.165) is 40.8 Å². The average Bonchev–Trinajstić information content (AvgIpc) is 3.15. The monoisotopic (exact) mass is 398 g/mol. The Morgan fingerprint density at radius 1 is 1.20 bits per heavy atom. The van der Waals surface area contributed by atoms with Crippen molar-refractivity contribution in [1.29, 1.82) is 5.26 Å². The number of hydrogen-bond donors (Lipinski definition) is 2. The molecule has 7 nitrogen and oxygen atoms in total. The van der Waals surface area contributed by atoms with Crippen molar-refractivity contribution < 1.29 is 0 Å². The van der Waals surface area contributed by atoms with Gasteiger partial charge in [0.05, 0.1) is 28.5 Å². The van der Waals surface area contributed by atoms with Gasteiger partial charge >= 0.3 is 0 Å². The van der Waals surface area contributed by atoms with Crippen molar-refractivity contribution in [2.24, 2.45) is 12.8 Å². The van der Waals surface area contributed by atoms with Crippen LogP contribution in [-0.2, 0) is 20.0 Å². The van der Waals surface area contributed by atoms with Crippen LogP contribution in [0.3, 0.4) is 0 Å². The summed E-state index contributed by atoms with van der Waals surface area (Å²) in [5.74, 6) is 0. The number of nitrogens with one attached hydrogen (secondary N) is 1. The number of aryl methyl sites for hydroxylation is 2. The molecule has 150 valence electrons. The normalized spacial score (nSPS) is 11.0. The molecule has 3 N–H and O–H groups in total. The average molecular weight is 398 g/mol. The lowest BCUT2D eigenvalue weighted by Crippen LogP contribution is -2.13. The number of hydrogen-bond acceptors (Lipinski definition) is 5. The number of fused-ring (bicyclic) bond motifs is 1. The minimum Gasteiger partial charge on any atom is -0.325 e. The summed E-state index contributed by atoms with van der Waals surface area (Å²) in [6.45, 7) is 2.32. The molecule has 0 amide bonds. The lowest BCUT2D eigenvalue weighted by atomic mass is 9.93. The van der Waals surface area contributed by atoms with E-state index in [2.05, 4.69) is 28.3 Å². The molecule has 0 bridgehead atoms. The summed E-state index contributed by atoms with van der Waals surface area (Å²) < 4.78 is 1.78. The molecule has 0 aliphatic rings. The number of nitrogens with two attached hydrogens (primary N) is 1. The number of aromatic nitrogens is 4. The molecule has 4 aromatic rings. The van der Waals surface area contributed by atoms with Gasteiger partial charge in [-0.2, -0.15) is 15.5 Å². The Morgan fingerprint density at radius 2 is 2.03 bits per heavy atom. The van der Waals surface area contributed by atoms with Crippen LogP contribution in [0.15, 0.2) is 47.4 Å². The molecule has 4 rings (SSSR count). The number of benzene rings is 2. The molecule has 0 unspecified atom stereocenters. The molecule has 0 fully saturated rings. The summed E-state index contributed by atoms with van der Waals surface area (Å²) in [5, 5.41) is 22.2. The second-order valence-corrected chi connectivity index (χ2v) is 7.20.